The first-order valence-electron chi connectivity index (χ1n) is 11.3. The summed E-state index contributed by atoms with van der Waals surface area (Å²) in [4.78, 5) is 24.9. The predicted molar refractivity (Wildman–Crippen MR) is 133 cm³/mol. The molecule has 0 bridgehead atoms. The number of thioether (sulfide) groups is 1. The number of hydrogen-bond donors (Lipinski definition) is 1. The SMILES string of the molecule is CCCC(=O)N[C@@H](CCc1ccccc1)C(=O)CSCCc1ccc(C(C)(C)C)cc1. The van der Waals surface area contributed by atoms with Crippen molar-refractivity contribution in [2.24, 2.45) is 0 Å². The third-order valence-electron chi connectivity index (χ3n) is 5.36. The minimum Gasteiger partial charge on any atom is -0.346 e. The third kappa shape index (κ3) is 9.30. The topological polar surface area (TPSA) is 46.2 Å². The van der Waals surface area contributed by atoms with Gasteiger partial charge in [-0.3, -0.25) is 9.59 Å². The van der Waals surface area contributed by atoms with Crippen molar-refractivity contribution in [1.29, 1.82) is 0 Å². The minimum absolute atomic E-state index is 0.0298. The van der Waals surface area contributed by atoms with Gasteiger partial charge in [0.15, 0.2) is 5.78 Å². The van der Waals surface area contributed by atoms with Crippen molar-refractivity contribution in [3.8, 4) is 0 Å². The van der Waals surface area contributed by atoms with Crippen molar-refractivity contribution < 1.29 is 9.59 Å². The highest BCUT2D eigenvalue weighted by Crippen LogP contribution is 2.22. The molecule has 2 aromatic carbocycles. The van der Waals surface area contributed by atoms with Crippen LogP contribution in [0.2, 0.25) is 0 Å². The molecular weight excluding hydrogens is 402 g/mol. The molecule has 1 N–H and O–H groups in total. The van der Waals surface area contributed by atoms with Crippen LogP contribution in [0, 0.1) is 0 Å². The summed E-state index contributed by atoms with van der Waals surface area (Å²) < 4.78 is 0. The Balaban J connectivity index is 1.83. The van der Waals surface area contributed by atoms with E-state index in [9.17, 15) is 9.59 Å². The first kappa shape index (κ1) is 25.2. The standard InChI is InChI=1S/C27H37NO2S/c1-5-9-26(30)28-24(17-14-21-10-7-6-8-11-21)25(29)20-31-19-18-22-12-15-23(16-13-22)27(2,3)4/h6-8,10-13,15-16,24H,5,9,14,17-20H2,1-4H3,(H,28,30)/t24-/m0/s1. The summed E-state index contributed by atoms with van der Waals surface area (Å²) in [6.45, 7) is 8.63. The van der Waals surface area contributed by atoms with Crippen molar-refractivity contribution in [2.75, 3.05) is 11.5 Å². The summed E-state index contributed by atoms with van der Waals surface area (Å²) >= 11 is 1.66. The second kappa shape index (κ2) is 12.7. The van der Waals surface area contributed by atoms with Crippen LogP contribution in [0.5, 0.6) is 0 Å². The Labute approximate surface area is 192 Å². The van der Waals surface area contributed by atoms with Gasteiger partial charge in [-0.15, -0.1) is 0 Å². The van der Waals surface area contributed by atoms with Crippen molar-refractivity contribution in [1.82, 2.24) is 5.32 Å². The molecule has 4 heteroatoms. The number of rotatable bonds is 12. The normalized spacial score (nSPS) is 12.4. The fraction of sp³-hybridized carbons (Fsp3) is 0.481. The van der Waals surface area contributed by atoms with Gasteiger partial charge in [0.2, 0.25) is 5.91 Å². The fourth-order valence-electron chi connectivity index (χ4n) is 3.40. The predicted octanol–water partition coefficient (Wildman–Crippen LogP) is 5.75. The van der Waals surface area contributed by atoms with E-state index in [4.69, 9.17) is 0 Å². The lowest BCUT2D eigenvalue weighted by molar-refractivity contribution is -0.126. The number of nitrogens with one attached hydrogen (secondary N) is 1. The lowest BCUT2D eigenvalue weighted by Gasteiger charge is -2.19. The zero-order chi connectivity index (χ0) is 22.7. The van der Waals surface area contributed by atoms with Gasteiger partial charge in [-0.2, -0.15) is 11.8 Å². The van der Waals surface area contributed by atoms with Crippen LogP contribution in [0.15, 0.2) is 54.6 Å². The molecule has 0 aliphatic carbocycles. The van der Waals surface area contributed by atoms with Gasteiger partial charge in [-0.25, -0.2) is 0 Å². The van der Waals surface area contributed by atoms with E-state index in [2.05, 4.69) is 62.5 Å². The van der Waals surface area contributed by atoms with E-state index in [-0.39, 0.29) is 17.1 Å². The molecule has 0 unspecified atom stereocenters. The maximum Gasteiger partial charge on any atom is 0.220 e. The van der Waals surface area contributed by atoms with Gasteiger partial charge in [0.1, 0.15) is 0 Å². The van der Waals surface area contributed by atoms with Crippen LogP contribution in [-0.4, -0.2) is 29.2 Å². The van der Waals surface area contributed by atoms with Crippen LogP contribution in [0.3, 0.4) is 0 Å². The van der Waals surface area contributed by atoms with Crippen LogP contribution >= 0.6 is 11.8 Å². The molecule has 168 valence electrons. The fourth-order valence-corrected chi connectivity index (χ4v) is 4.32. The molecule has 0 aliphatic heterocycles. The zero-order valence-electron chi connectivity index (χ0n) is 19.4. The third-order valence-corrected chi connectivity index (χ3v) is 6.35. The van der Waals surface area contributed by atoms with Crippen LogP contribution in [0.1, 0.15) is 63.6 Å². The van der Waals surface area contributed by atoms with E-state index in [0.29, 0.717) is 18.6 Å². The molecule has 0 fully saturated rings. The van der Waals surface area contributed by atoms with Crippen molar-refractivity contribution >= 4 is 23.5 Å². The first-order chi connectivity index (χ1) is 14.8. The van der Waals surface area contributed by atoms with Gasteiger partial charge >= 0.3 is 0 Å². The quantitative estimate of drug-likeness (QED) is 0.429. The molecule has 0 aliphatic rings. The van der Waals surface area contributed by atoms with Crippen LogP contribution in [-0.2, 0) is 27.8 Å². The largest absolute Gasteiger partial charge is 0.346 e. The molecule has 0 spiro atoms. The number of amides is 1. The summed E-state index contributed by atoms with van der Waals surface area (Å²) in [6.07, 6.45) is 3.63. The van der Waals surface area contributed by atoms with Gasteiger partial charge in [0, 0.05) is 6.42 Å². The summed E-state index contributed by atoms with van der Waals surface area (Å²) in [5, 5.41) is 2.97. The second-order valence-corrected chi connectivity index (χ2v) is 10.2. The average molecular weight is 440 g/mol. The Morgan fingerprint density at radius 1 is 0.935 bits per heavy atom. The molecule has 0 radical (unpaired) electrons. The van der Waals surface area contributed by atoms with E-state index in [1.165, 1.54) is 16.7 Å². The Kier molecular flexibility index (Phi) is 10.3. The van der Waals surface area contributed by atoms with Gasteiger partial charge in [-0.05, 0) is 53.5 Å². The highest BCUT2D eigenvalue weighted by Gasteiger charge is 2.20. The maximum atomic E-state index is 12.8. The summed E-state index contributed by atoms with van der Waals surface area (Å²) in [5.41, 5.74) is 3.99. The van der Waals surface area contributed by atoms with Gasteiger partial charge in [-0.1, -0.05) is 82.3 Å². The Bertz CT molecular complexity index is 809. The van der Waals surface area contributed by atoms with E-state index >= 15 is 0 Å². The molecule has 0 saturated carbocycles. The number of aryl methyl sites for hydroxylation is 2. The Morgan fingerprint density at radius 3 is 2.19 bits per heavy atom. The average Bonchev–Trinajstić information content (AvgIpc) is 2.74. The molecule has 0 heterocycles. The molecule has 2 rings (SSSR count). The minimum atomic E-state index is -0.405. The smallest absolute Gasteiger partial charge is 0.220 e. The highest BCUT2D eigenvalue weighted by molar-refractivity contribution is 7.99. The number of hydrogen-bond acceptors (Lipinski definition) is 3. The summed E-state index contributed by atoms with van der Waals surface area (Å²) in [6, 6.07) is 18.5. The van der Waals surface area contributed by atoms with Gasteiger partial charge < -0.3 is 5.32 Å². The van der Waals surface area contributed by atoms with Gasteiger partial charge in [0.25, 0.3) is 0 Å². The molecular formula is C27H37NO2S. The van der Waals surface area contributed by atoms with E-state index in [1.807, 2.05) is 25.1 Å². The monoisotopic (exact) mass is 439 g/mol. The second-order valence-electron chi connectivity index (χ2n) is 9.11. The first-order valence-corrected chi connectivity index (χ1v) is 12.5. The van der Waals surface area contributed by atoms with Crippen molar-refractivity contribution in [2.45, 2.75) is 71.3 Å². The number of carbonyl (C=O) groups excluding carboxylic acids is 2. The molecule has 1 atom stereocenters. The Morgan fingerprint density at radius 2 is 1.58 bits per heavy atom. The lowest BCUT2D eigenvalue weighted by Crippen LogP contribution is -2.42. The number of benzene rings is 2. The molecule has 2 aromatic rings. The van der Waals surface area contributed by atoms with Crippen LogP contribution < -0.4 is 5.32 Å². The highest BCUT2D eigenvalue weighted by atomic mass is 32.2. The molecule has 3 nitrogen and oxygen atoms in total. The van der Waals surface area contributed by atoms with Gasteiger partial charge in [0.05, 0.1) is 11.8 Å². The number of carbonyl (C=O) groups is 2. The molecule has 31 heavy (non-hydrogen) atoms. The molecule has 0 aromatic heterocycles. The zero-order valence-corrected chi connectivity index (χ0v) is 20.3. The van der Waals surface area contributed by atoms with Crippen LogP contribution in [0.25, 0.3) is 0 Å². The van der Waals surface area contributed by atoms with E-state index in [0.717, 1.165) is 25.0 Å². The summed E-state index contributed by atoms with van der Waals surface area (Å²) in [7, 11) is 0. The molecule has 0 saturated heterocycles. The van der Waals surface area contributed by atoms with E-state index in [1.54, 1.807) is 11.8 Å². The van der Waals surface area contributed by atoms with E-state index < -0.39 is 6.04 Å². The lowest BCUT2D eigenvalue weighted by atomic mass is 9.86. The Hall–Kier alpha value is -2.07. The van der Waals surface area contributed by atoms with Crippen molar-refractivity contribution in [3.63, 3.8) is 0 Å². The summed E-state index contributed by atoms with van der Waals surface area (Å²) in [5.74, 6) is 1.42. The number of Topliss-reactive ketones (excluding diaryl/α,β-unsaturated/α-hetero) is 1. The molecule has 1 amide bonds. The maximum absolute atomic E-state index is 12.8. The van der Waals surface area contributed by atoms with Crippen LogP contribution in [0.4, 0.5) is 0 Å². The number of ketones is 1. The van der Waals surface area contributed by atoms with Crippen molar-refractivity contribution in [3.05, 3.63) is 71.3 Å².